The summed E-state index contributed by atoms with van der Waals surface area (Å²) in [6.07, 6.45) is 0. The summed E-state index contributed by atoms with van der Waals surface area (Å²) < 4.78 is 34.0. The van der Waals surface area contributed by atoms with Crippen LogP contribution in [0, 0.1) is 6.92 Å². The van der Waals surface area contributed by atoms with E-state index in [9.17, 15) is 18.0 Å². The van der Waals surface area contributed by atoms with Crippen LogP contribution in [-0.4, -0.2) is 93.4 Å². The molecule has 3 amide bonds. The van der Waals surface area contributed by atoms with Crippen LogP contribution in [0.4, 0.5) is 16.2 Å². The van der Waals surface area contributed by atoms with Gasteiger partial charge in [-0.05, 0) is 55.5 Å². The van der Waals surface area contributed by atoms with Crippen LogP contribution >= 0.6 is 0 Å². The molecule has 216 valence electrons. The molecule has 0 radical (unpaired) electrons. The standard InChI is InChI=1S/C30H35N5O5S/c1-23-8-10-24(11-9-23)31-30(37)34-20-21-35(41(38,39)27-14-12-26(40-2)13-15-27)28(22-34)29(36)33-18-16-32(17-19-33)25-6-4-3-5-7-25/h3-15,28H,16-22H2,1-2H3,(H,31,37). The molecule has 41 heavy (non-hydrogen) atoms. The van der Waals surface area contributed by atoms with Crippen LogP contribution in [0.3, 0.4) is 0 Å². The summed E-state index contributed by atoms with van der Waals surface area (Å²) in [6.45, 7) is 4.23. The minimum atomic E-state index is -4.02. The van der Waals surface area contributed by atoms with E-state index in [-0.39, 0.29) is 36.5 Å². The molecule has 10 nitrogen and oxygen atoms in total. The summed E-state index contributed by atoms with van der Waals surface area (Å²) >= 11 is 0. The SMILES string of the molecule is COc1ccc(S(=O)(=O)N2CCN(C(=O)Nc3ccc(C)cc3)CC2C(=O)N2CCN(c3ccccc3)CC2)cc1. The maximum atomic E-state index is 14.0. The van der Waals surface area contributed by atoms with E-state index in [0.29, 0.717) is 37.6 Å². The Morgan fingerprint density at radius 2 is 1.44 bits per heavy atom. The number of methoxy groups -OCH3 is 1. The number of aryl methyl sites for hydroxylation is 1. The van der Waals surface area contributed by atoms with Crippen LogP contribution < -0.4 is 15.0 Å². The van der Waals surface area contributed by atoms with E-state index in [2.05, 4.69) is 10.2 Å². The zero-order valence-corrected chi connectivity index (χ0v) is 24.1. The third kappa shape index (κ3) is 6.31. The summed E-state index contributed by atoms with van der Waals surface area (Å²) in [5, 5.41) is 2.87. The number of carbonyl (C=O) groups excluding carboxylic acids is 2. The van der Waals surface area contributed by atoms with E-state index in [1.807, 2.05) is 61.5 Å². The Kier molecular flexibility index (Phi) is 8.46. The molecule has 1 unspecified atom stereocenters. The number of nitrogens with zero attached hydrogens (tertiary/aromatic N) is 4. The van der Waals surface area contributed by atoms with E-state index < -0.39 is 16.1 Å². The molecule has 1 N–H and O–H groups in total. The quantitative estimate of drug-likeness (QED) is 0.483. The minimum Gasteiger partial charge on any atom is -0.497 e. The molecule has 3 aromatic rings. The first-order valence-electron chi connectivity index (χ1n) is 13.6. The molecule has 0 spiro atoms. The Morgan fingerprint density at radius 1 is 0.805 bits per heavy atom. The fourth-order valence-electron chi connectivity index (χ4n) is 5.20. The Hall–Kier alpha value is -4.09. The first kappa shape index (κ1) is 28.4. The lowest BCUT2D eigenvalue weighted by atomic mass is 10.1. The number of benzene rings is 3. The first-order chi connectivity index (χ1) is 19.8. The number of sulfonamides is 1. The van der Waals surface area contributed by atoms with Gasteiger partial charge in [-0.25, -0.2) is 13.2 Å². The highest BCUT2D eigenvalue weighted by molar-refractivity contribution is 7.89. The number of urea groups is 1. The van der Waals surface area contributed by atoms with Crippen LogP contribution in [0.25, 0.3) is 0 Å². The molecule has 5 rings (SSSR count). The molecule has 11 heteroatoms. The van der Waals surface area contributed by atoms with Gasteiger partial charge in [0.15, 0.2) is 0 Å². The third-order valence-electron chi connectivity index (χ3n) is 7.59. The van der Waals surface area contributed by atoms with Gasteiger partial charge < -0.3 is 24.8 Å². The number of hydrogen-bond acceptors (Lipinski definition) is 6. The number of para-hydroxylation sites is 1. The summed E-state index contributed by atoms with van der Waals surface area (Å²) in [7, 11) is -2.51. The van der Waals surface area contributed by atoms with E-state index in [0.717, 1.165) is 11.3 Å². The van der Waals surface area contributed by atoms with Crippen molar-refractivity contribution in [2.24, 2.45) is 0 Å². The van der Waals surface area contributed by atoms with Crippen molar-refractivity contribution in [2.75, 3.05) is 63.1 Å². The highest BCUT2D eigenvalue weighted by Gasteiger charge is 2.43. The second-order valence-corrected chi connectivity index (χ2v) is 12.1. The van der Waals surface area contributed by atoms with E-state index >= 15 is 0 Å². The number of nitrogens with one attached hydrogen (secondary N) is 1. The van der Waals surface area contributed by atoms with Gasteiger partial charge in [0.05, 0.1) is 12.0 Å². The molecule has 0 aliphatic carbocycles. The normalized spacial score (nSPS) is 18.2. The van der Waals surface area contributed by atoms with Crippen molar-refractivity contribution >= 4 is 33.3 Å². The van der Waals surface area contributed by atoms with Crippen molar-refractivity contribution in [1.29, 1.82) is 0 Å². The molecular weight excluding hydrogens is 542 g/mol. The van der Waals surface area contributed by atoms with E-state index in [4.69, 9.17) is 4.74 Å². The maximum Gasteiger partial charge on any atom is 0.321 e. The predicted molar refractivity (Wildman–Crippen MR) is 158 cm³/mol. The van der Waals surface area contributed by atoms with Gasteiger partial charge in [-0.2, -0.15) is 4.31 Å². The number of rotatable bonds is 6. The fraction of sp³-hybridized carbons (Fsp3) is 0.333. The summed E-state index contributed by atoms with van der Waals surface area (Å²) in [4.78, 5) is 32.7. The lowest BCUT2D eigenvalue weighted by molar-refractivity contribution is -0.137. The number of carbonyl (C=O) groups is 2. The Balaban J connectivity index is 1.36. The van der Waals surface area contributed by atoms with Crippen LogP contribution in [0.5, 0.6) is 5.75 Å². The molecule has 2 heterocycles. The van der Waals surface area contributed by atoms with Gasteiger partial charge in [0.2, 0.25) is 15.9 Å². The van der Waals surface area contributed by atoms with Crippen molar-refractivity contribution in [1.82, 2.24) is 14.1 Å². The van der Waals surface area contributed by atoms with Gasteiger partial charge in [-0.1, -0.05) is 35.9 Å². The molecule has 1 atom stereocenters. The lowest BCUT2D eigenvalue weighted by Crippen LogP contribution is -2.63. The smallest absolute Gasteiger partial charge is 0.321 e. The summed E-state index contributed by atoms with van der Waals surface area (Å²) in [5.74, 6) is 0.230. The predicted octanol–water partition coefficient (Wildman–Crippen LogP) is 3.26. The van der Waals surface area contributed by atoms with Gasteiger partial charge >= 0.3 is 6.03 Å². The molecule has 0 aromatic heterocycles. The highest BCUT2D eigenvalue weighted by Crippen LogP contribution is 2.26. The number of ether oxygens (including phenoxy) is 1. The average Bonchev–Trinajstić information content (AvgIpc) is 3.02. The number of hydrogen-bond donors (Lipinski definition) is 1. The van der Waals surface area contributed by atoms with E-state index in [1.165, 1.54) is 28.4 Å². The number of anilines is 2. The molecule has 0 saturated carbocycles. The average molecular weight is 578 g/mol. The van der Waals surface area contributed by atoms with Gasteiger partial charge in [0.1, 0.15) is 11.8 Å². The molecule has 3 aromatic carbocycles. The third-order valence-corrected chi connectivity index (χ3v) is 9.51. The first-order valence-corrected chi connectivity index (χ1v) is 15.1. The second kappa shape index (κ2) is 12.2. The molecule has 2 saturated heterocycles. The molecule has 2 aliphatic rings. The fourth-order valence-corrected chi connectivity index (χ4v) is 6.76. The Morgan fingerprint density at radius 3 is 2.07 bits per heavy atom. The topological polar surface area (TPSA) is 102 Å². The monoisotopic (exact) mass is 577 g/mol. The summed E-state index contributed by atoms with van der Waals surface area (Å²) in [6, 6.07) is 22.1. The second-order valence-electron chi connectivity index (χ2n) is 10.2. The van der Waals surface area contributed by atoms with Crippen molar-refractivity contribution in [3.8, 4) is 5.75 Å². The molecule has 2 fully saturated rings. The molecular formula is C30H35N5O5S. The number of piperazine rings is 2. The Labute approximate surface area is 241 Å². The zero-order chi connectivity index (χ0) is 29.0. The van der Waals surface area contributed by atoms with E-state index in [1.54, 1.807) is 17.0 Å². The van der Waals surface area contributed by atoms with Crippen LogP contribution in [0.15, 0.2) is 83.8 Å². The van der Waals surface area contributed by atoms with Crippen LogP contribution in [0.2, 0.25) is 0 Å². The zero-order valence-electron chi connectivity index (χ0n) is 23.3. The molecule has 0 bridgehead atoms. The molecule has 2 aliphatic heterocycles. The van der Waals surface area contributed by atoms with Crippen LogP contribution in [-0.2, 0) is 14.8 Å². The lowest BCUT2D eigenvalue weighted by Gasteiger charge is -2.43. The van der Waals surface area contributed by atoms with Crippen molar-refractivity contribution < 1.29 is 22.7 Å². The van der Waals surface area contributed by atoms with Gasteiger partial charge in [-0.15, -0.1) is 0 Å². The highest BCUT2D eigenvalue weighted by atomic mass is 32.2. The van der Waals surface area contributed by atoms with Crippen molar-refractivity contribution in [3.05, 3.63) is 84.4 Å². The van der Waals surface area contributed by atoms with Gasteiger partial charge in [0.25, 0.3) is 0 Å². The number of amides is 3. The maximum absolute atomic E-state index is 14.0. The summed E-state index contributed by atoms with van der Waals surface area (Å²) in [5.41, 5.74) is 2.78. The van der Waals surface area contributed by atoms with Crippen molar-refractivity contribution in [3.63, 3.8) is 0 Å². The van der Waals surface area contributed by atoms with Crippen LogP contribution in [0.1, 0.15) is 5.56 Å². The minimum absolute atomic E-state index is 0.00390. The van der Waals surface area contributed by atoms with Gasteiger partial charge in [0, 0.05) is 57.2 Å². The largest absolute Gasteiger partial charge is 0.497 e. The Bertz CT molecular complexity index is 1460. The van der Waals surface area contributed by atoms with Gasteiger partial charge in [-0.3, -0.25) is 4.79 Å². The van der Waals surface area contributed by atoms with Crippen molar-refractivity contribution in [2.45, 2.75) is 17.9 Å².